The van der Waals surface area contributed by atoms with Gasteiger partial charge in [0.1, 0.15) is 0 Å². The average Bonchev–Trinajstić information content (AvgIpc) is 2.31. The molecule has 0 saturated carbocycles. The zero-order chi connectivity index (χ0) is 20.8. The number of rotatable bonds is 4. The maximum absolute atomic E-state index is 11.9. The molecule has 0 spiro atoms. The molecule has 13 heavy (non-hydrogen) atoms. The molecule has 6 heteroatoms. The monoisotopic (exact) mass is 219 g/mol. The molecule has 0 bridgehead atoms. The normalized spacial score (nSPS) is 28.4. The van der Waals surface area contributed by atoms with Crippen LogP contribution in [0.15, 0.2) is 12.6 Å². The molecule has 0 aromatic heterocycles. The summed E-state index contributed by atoms with van der Waals surface area (Å²) in [6.45, 7) is -10.0. The number of carbonyl (C=O) groups excluding carboxylic acids is 1. The molecule has 0 radical (unpaired) electrons. The summed E-state index contributed by atoms with van der Waals surface area (Å²) in [5.41, 5.74) is -9.09. The molecular formula is C7H13NO4S. The van der Waals surface area contributed by atoms with E-state index in [2.05, 4.69) is 0 Å². The van der Waals surface area contributed by atoms with Crippen LogP contribution in [0.2, 0.25) is 1.41 Å². The SMILES string of the molecule is [2H]C([2H])=C([2H])C(=O)N([2H])C(C([2H])([2H])[2H])(C([2H])([2H])[2H])C([2H])([2H])S(=O)(=O)O. The topological polar surface area (TPSA) is 83.5 Å². The van der Waals surface area contributed by atoms with Crippen LogP contribution in [0.25, 0.3) is 0 Å². The number of hydrogen-bond donors (Lipinski definition) is 2. The fourth-order valence-electron chi connectivity index (χ4n) is 0.390. The van der Waals surface area contributed by atoms with Crippen molar-refractivity contribution in [2.24, 2.45) is 0 Å². The van der Waals surface area contributed by atoms with E-state index >= 15 is 0 Å². The predicted molar refractivity (Wildman–Crippen MR) is 48.8 cm³/mol. The van der Waals surface area contributed by atoms with Crippen molar-refractivity contribution in [3.8, 4) is 0 Å². The molecule has 0 heterocycles. The van der Waals surface area contributed by atoms with Gasteiger partial charge in [-0.3, -0.25) is 9.35 Å². The first-order chi connectivity index (χ1) is 10.7. The quantitative estimate of drug-likeness (QED) is 0.513. The first-order valence-corrected chi connectivity index (χ1v) is 4.06. The largest absolute Gasteiger partial charge is 0.347 e. The number of nitrogens with one attached hydrogen (secondary N) is 1. The second-order valence-corrected chi connectivity index (χ2v) is 2.98. The van der Waals surface area contributed by atoms with Crippen molar-refractivity contribution in [3.05, 3.63) is 12.6 Å². The molecule has 0 unspecified atom stereocenters. The third-order valence-electron chi connectivity index (χ3n) is 0.653. The van der Waals surface area contributed by atoms with E-state index in [-0.39, 0.29) is 0 Å². The molecule has 0 saturated heterocycles. The molecule has 2 N–H and O–H groups in total. The number of carbonyl (C=O) groups is 1. The molecule has 1 amide bonds. The minimum atomic E-state index is -6.12. The highest BCUT2D eigenvalue weighted by Gasteiger charge is 2.25. The Morgan fingerprint density at radius 2 is 2.69 bits per heavy atom. The van der Waals surface area contributed by atoms with Gasteiger partial charge >= 0.3 is 0 Å². The minimum absolute atomic E-state index is 1.15. The lowest BCUT2D eigenvalue weighted by molar-refractivity contribution is -0.117. The Morgan fingerprint density at radius 3 is 3.08 bits per heavy atom. The summed E-state index contributed by atoms with van der Waals surface area (Å²) < 4.78 is 118. The Labute approximate surface area is 94.5 Å². The summed E-state index contributed by atoms with van der Waals surface area (Å²) >= 11 is 0. The van der Waals surface area contributed by atoms with Crippen molar-refractivity contribution in [2.75, 3.05) is 5.70 Å². The van der Waals surface area contributed by atoms with E-state index in [9.17, 15) is 13.2 Å². The molecule has 0 aliphatic carbocycles. The van der Waals surface area contributed by atoms with E-state index in [4.69, 9.17) is 21.0 Å². The fraction of sp³-hybridized carbons (Fsp3) is 0.571. The van der Waals surface area contributed by atoms with Crippen LogP contribution < -0.4 is 5.31 Å². The standard InChI is InChI=1S/C7H13NO4S/c1-4-6(9)8-7(2,3)5-13(10,11)12/h4H,1,5H2,2-3H3,(H,8,9)(H,10,11,12)/i1D2,2D3,3D3,4D,5D2/hD. The van der Waals surface area contributed by atoms with Crippen LogP contribution in [-0.2, 0) is 14.9 Å². The lowest BCUT2D eigenvalue weighted by atomic mass is 10.1. The van der Waals surface area contributed by atoms with Gasteiger partial charge in [0, 0.05) is 11.0 Å². The Hall–Kier alpha value is -0.880. The predicted octanol–water partition coefficient (Wildman–Crippen LogP) is -0.0450. The van der Waals surface area contributed by atoms with Gasteiger partial charge in [-0.15, -0.1) is 0 Å². The van der Waals surface area contributed by atoms with Gasteiger partial charge < -0.3 is 5.31 Å². The van der Waals surface area contributed by atoms with Gasteiger partial charge in [0.2, 0.25) is 5.91 Å². The van der Waals surface area contributed by atoms with Crippen LogP contribution in [0.5, 0.6) is 0 Å². The lowest BCUT2D eigenvalue weighted by Gasteiger charge is -2.23. The Morgan fingerprint density at radius 1 is 2.08 bits per heavy atom. The molecule has 0 fully saturated rings. The van der Waals surface area contributed by atoms with Crippen LogP contribution in [0, 0.1) is 0 Å². The van der Waals surface area contributed by atoms with Gasteiger partial charge in [0.15, 0.2) is 1.41 Å². The summed E-state index contributed by atoms with van der Waals surface area (Å²) in [6, 6.07) is -1.70. The average molecular weight is 219 g/mol. The van der Waals surface area contributed by atoms with Crippen LogP contribution in [0.3, 0.4) is 0 Å². The highest BCUT2D eigenvalue weighted by Crippen LogP contribution is 2.05. The fourth-order valence-corrected chi connectivity index (χ4v) is 0.809. The maximum atomic E-state index is 11.9. The van der Waals surface area contributed by atoms with Crippen molar-refractivity contribution in [1.82, 2.24) is 5.31 Å². The Balaban J connectivity index is 7.20. The highest BCUT2D eigenvalue weighted by molar-refractivity contribution is 7.85. The van der Waals surface area contributed by atoms with Crippen LogP contribution >= 0.6 is 0 Å². The van der Waals surface area contributed by atoms with Gasteiger partial charge in [0.05, 0.1) is 15.4 Å². The summed E-state index contributed by atoms with van der Waals surface area (Å²) in [5, 5.41) is -1.15. The molecule has 5 nitrogen and oxygen atoms in total. The van der Waals surface area contributed by atoms with Gasteiger partial charge in [0.25, 0.3) is 10.1 Å². The smallest absolute Gasteiger partial charge is 0.267 e. The molecule has 76 valence electrons. The van der Waals surface area contributed by atoms with Gasteiger partial charge in [-0.05, 0) is 19.8 Å². The maximum Gasteiger partial charge on any atom is 0.267 e. The van der Waals surface area contributed by atoms with E-state index < -0.39 is 58.9 Å². The molecule has 0 atom stereocenters. The van der Waals surface area contributed by atoms with E-state index in [0.29, 0.717) is 0 Å². The van der Waals surface area contributed by atoms with E-state index in [1.165, 1.54) is 0 Å². The second kappa shape index (κ2) is 3.89. The lowest BCUT2D eigenvalue weighted by Crippen LogP contribution is -2.47. The van der Waals surface area contributed by atoms with Crippen molar-refractivity contribution in [1.29, 1.82) is 0 Å². The molecule has 0 rings (SSSR count). The Kier molecular flexibility index (Phi) is 0.838. The molecule has 0 aromatic carbocycles. The molecule has 0 aromatic rings. The minimum Gasteiger partial charge on any atom is -0.347 e. The third-order valence-corrected chi connectivity index (χ3v) is 1.21. The van der Waals surface area contributed by atoms with E-state index in [1.54, 1.807) is 0 Å². The van der Waals surface area contributed by atoms with Crippen molar-refractivity contribution >= 4 is 16.0 Å². The van der Waals surface area contributed by atoms with E-state index in [1.807, 2.05) is 0 Å². The van der Waals surface area contributed by atoms with Crippen molar-refractivity contribution in [2.45, 2.75) is 19.2 Å². The zero-order valence-electron chi connectivity index (χ0n) is 18.0. The van der Waals surface area contributed by atoms with Gasteiger partial charge in [-0.2, -0.15) is 8.42 Å². The number of amides is 1. The van der Waals surface area contributed by atoms with Crippen LogP contribution in [0.1, 0.15) is 28.8 Å². The molecular weight excluding hydrogens is 194 g/mol. The van der Waals surface area contributed by atoms with Gasteiger partial charge in [-0.1, -0.05) is 6.53 Å². The van der Waals surface area contributed by atoms with Gasteiger partial charge in [-0.25, -0.2) is 0 Å². The summed E-state index contributed by atoms with van der Waals surface area (Å²) in [6.07, 6.45) is 0. The van der Waals surface area contributed by atoms with Crippen molar-refractivity contribution < 1.29 is 34.3 Å². The van der Waals surface area contributed by atoms with E-state index in [0.717, 1.165) is 0 Å². The number of hydrogen-bond acceptors (Lipinski definition) is 3. The van der Waals surface area contributed by atoms with Crippen LogP contribution in [0.4, 0.5) is 0 Å². The molecule has 0 aliphatic rings. The highest BCUT2D eigenvalue weighted by atomic mass is 32.2. The van der Waals surface area contributed by atoms with Crippen LogP contribution in [-0.4, -0.2) is 30.1 Å². The Bertz CT molecular complexity index is 659. The first kappa shape index (κ1) is 2.80. The van der Waals surface area contributed by atoms with Crippen molar-refractivity contribution in [3.63, 3.8) is 0 Å². The summed E-state index contributed by atoms with van der Waals surface area (Å²) in [7, 11) is -6.12. The first-order valence-electron chi connectivity index (χ1n) is 8.57. The zero-order valence-corrected chi connectivity index (χ0v) is 6.84. The molecule has 0 aliphatic heterocycles. The third kappa shape index (κ3) is 6.30. The summed E-state index contributed by atoms with van der Waals surface area (Å²) in [4.78, 5) is 11.9. The second-order valence-electron chi connectivity index (χ2n) is 1.83. The summed E-state index contributed by atoms with van der Waals surface area (Å²) in [5.74, 6) is -2.24.